The molecule has 8 nitrogen and oxygen atoms in total. The first-order valence-electron chi connectivity index (χ1n) is 9.70. The molecule has 0 fully saturated rings. The van der Waals surface area contributed by atoms with Gasteiger partial charge in [0.2, 0.25) is 0 Å². The van der Waals surface area contributed by atoms with E-state index < -0.39 is 0 Å². The van der Waals surface area contributed by atoms with Gasteiger partial charge in [0.1, 0.15) is 5.01 Å². The lowest BCUT2D eigenvalue weighted by atomic mass is 10.1. The third-order valence-electron chi connectivity index (χ3n) is 4.85. The second-order valence-corrected chi connectivity index (χ2v) is 7.80. The summed E-state index contributed by atoms with van der Waals surface area (Å²) in [6.45, 7) is 0.994. The highest BCUT2D eigenvalue weighted by atomic mass is 32.1. The Labute approximate surface area is 182 Å². The lowest BCUT2D eigenvalue weighted by molar-refractivity contribution is 0.0638. The number of imide groups is 1. The van der Waals surface area contributed by atoms with E-state index in [-0.39, 0.29) is 36.4 Å². The minimum Gasteiger partial charge on any atom is -0.385 e. The van der Waals surface area contributed by atoms with Crippen molar-refractivity contribution in [1.82, 2.24) is 20.2 Å². The zero-order valence-corrected chi connectivity index (χ0v) is 17.6. The van der Waals surface area contributed by atoms with Crippen LogP contribution in [0.25, 0.3) is 10.6 Å². The molecular formula is C22H20N4O4S. The van der Waals surface area contributed by atoms with E-state index in [1.54, 1.807) is 25.6 Å². The van der Waals surface area contributed by atoms with Gasteiger partial charge in [-0.1, -0.05) is 0 Å². The van der Waals surface area contributed by atoms with Gasteiger partial charge in [0, 0.05) is 49.2 Å². The van der Waals surface area contributed by atoms with E-state index in [1.807, 2.05) is 17.5 Å². The molecule has 1 aliphatic heterocycles. The summed E-state index contributed by atoms with van der Waals surface area (Å²) < 4.78 is 4.98. The molecule has 3 aromatic rings. The van der Waals surface area contributed by atoms with E-state index in [2.05, 4.69) is 15.3 Å². The smallest absolute Gasteiger partial charge is 0.261 e. The molecule has 1 aliphatic rings. The van der Waals surface area contributed by atoms with E-state index in [0.29, 0.717) is 24.2 Å². The molecule has 31 heavy (non-hydrogen) atoms. The monoisotopic (exact) mass is 436 g/mol. The summed E-state index contributed by atoms with van der Waals surface area (Å²) in [4.78, 5) is 47.5. The number of thiazole rings is 1. The van der Waals surface area contributed by atoms with Crippen LogP contribution in [0.5, 0.6) is 0 Å². The highest BCUT2D eigenvalue weighted by Crippen LogP contribution is 2.25. The summed E-state index contributed by atoms with van der Waals surface area (Å²) in [7, 11) is 1.57. The van der Waals surface area contributed by atoms with Gasteiger partial charge in [-0.25, -0.2) is 4.98 Å². The van der Waals surface area contributed by atoms with Gasteiger partial charge < -0.3 is 10.1 Å². The first kappa shape index (κ1) is 20.8. The van der Waals surface area contributed by atoms with Crippen LogP contribution in [0.2, 0.25) is 0 Å². The van der Waals surface area contributed by atoms with Crippen molar-refractivity contribution in [2.45, 2.75) is 13.0 Å². The predicted molar refractivity (Wildman–Crippen MR) is 115 cm³/mol. The van der Waals surface area contributed by atoms with Crippen LogP contribution in [0.3, 0.4) is 0 Å². The topological polar surface area (TPSA) is 101 Å². The molecule has 2 aromatic heterocycles. The van der Waals surface area contributed by atoms with E-state index in [9.17, 15) is 14.4 Å². The Morgan fingerprint density at radius 3 is 2.81 bits per heavy atom. The molecule has 3 amide bonds. The van der Waals surface area contributed by atoms with Crippen molar-refractivity contribution < 1.29 is 19.1 Å². The number of methoxy groups -OCH3 is 1. The molecule has 9 heteroatoms. The van der Waals surface area contributed by atoms with Crippen molar-refractivity contribution in [2.75, 3.05) is 20.3 Å². The maximum absolute atomic E-state index is 12.6. The maximum atomic E-state index is 12.6. The molecule has 0 saturated heterocycles. The van der Waals surface area contributed by atoms with Gasteiger partial charge >= 0.3 is 0 Å². The van der Waals surface area contributed by atoms with Crippen LogP contribution in [0.4, 0.5) is 0 Å². The SMILES string of the molecule is COCCCN1C(=O)c2ccc(C(=O)NCc3csc(-c4cccnc4)n3)cc2C1=O. The Morgan fingerprint density at radius 1 is 1.19 bits per heavy atom. The minimum atomic E-state index is -0.383. The van der Waals surface area contributed by atoms with Gasteiger partial charge in [0.25, 0.3) is 17.7 Å². The lowest BCUT2D eigenvalue weighted by Crippen LogP contribution is -2.31. The summed E-state index contributed by atoms with van der Waals surface area (Å²) in [5.74, 6) is -1.06. The van der Waals surface area contributed by atoms with Crippen molar-refractivity contribution in [3.8, 4) is 10.6 Å². The van der Waals surface area contributed by atoms with E-state index in [1.165, 1.54) is 28.4 Å². The molecule has 0 saturated carbocycles. The van der Waals surface area contributed by atoms with Crippen LogP contribution in [-0.4, -0.2) is 52.9 Å². The number of nitrogens with one attached hydrogen (secondary N) is 1. The van der Waals surface area contributed by atoms with Gasteiger partial charge in [-0.05, 0) is 36.8 Å². The number of ether oxygens (including phenoxy) is 1. The second kappa shape index (κ2) is 9.15. The molecule has 1 aromatic carbocycles. The third-order valence-corrected chi connectivity index (χ3v) is 5.79. The number of hydrogen-bond acceptors (Lipinski definition) is 7. The number of pyridine rings is 1. The number of hydrogen-bond donors (Lipinski definition) is 1. The lowest BCUT2D eigenvalue weighted by Gasteiger charge is -2.12. The molecule has 0 bridgehead atoms. The maximum Gasteiger partial charge on any atom is 0.261 e. The van der Waals surface area contributed by atoms with E-state index in [4.69, 9.17) is 4.74 Å². The van der Waals surface area contributed by atoms with Crippen LogP contribution in [0.1, 0.15) is 43.2 Å². The fourth-order valence-corrected chi connectivity index (χ4v) is 4.10. The Hall–Kier alpha value is -3.43. The number of fused-ring (bicyclic) bond motifs is 1. The summed E-state index contributed by atoms with van der Waals surface area (Å²) in [6.07, 6.45) is 4.00. The predicted octanol–water partition coefficient (Wildman–Crippen LogP) is 2.77. The van der Waals surface area contributed by atoms with Crippen molar-refractivity contribution in [2.24, 2.45) is 0 Å². The Kier molecular flexibility index (Phi) is 6.15. The minimum absolute atomic E-state index is 0.252. The van der Waals surface area contributed by atoms with Crippen LogP contribution in [0, 0.1) is 0 Å². The van der Waals surface area contributed by atoms with Crippen LogP contribution >= 0.6 is 11.3 Å². The van der Waals surface area contributed by atoms with Gasteiger partial charge in [0.05, 0.1) is 23.4 Å². The van der Waals surface area contributed by atoms with Gasteiger partial charge in [0.15, 0.2) is 0 Å². The zero-order chi connectivity index (χ0) is 21.8. The Balaban J connectivity index is 1.41. The average molecular weight is 436 g/mol. The van der Waals surface area contributed by atoms with Gasteiger partial charge in [-0.15, -0.1) is 11.3 Å². The number of rotatable bonds is 8. The highest BCUT2D eigenvalue weighted by Gasteiger charge is 2.35. The normalized spacial score (nSPS) is 12.9. The number of amides is 3. The molecule has 0 spiro atoms. The molecule has 158 valence electrons. The molecule has 0 radical (unpaired) electrons. The van der Waals surface area contributed by atoms with Crippen molar-refractivity contribution in [1.29, 1.82) is 0 Å². The standard InChI is InChI=1S/C22H20N4O4S/c1-30-9-3-8-26-21(28)17-6-5-14(10-18(17)22(26)29)19(27)24-12-16-13-31-20(25-16)15-4-2-7-23-11-15/h2,4-7,10-11,13H,3,8-9,12H2,1H3,(H,24,27). The molecular weight excluding hydrogens is 416 g/mol. The van der Waals surface area contributed by atoms with E-state index >= 15 is 0 Å². The molecule has 4 rings (SSSR count). The zero-order valence-electron chi connectivity index (χ0n) is 16.8. The Morgan fingerprint density at radius 2 is 2.03 bits per heavy atom. The largest absolute Gasteiger partial charge is 0.385 e. The van der Waals surface area contributed by atoms with Gasteiger partial charge in [-0.2, -0.15) is 0 Å². The number of benzene rings is 1. The van der Waals surface area contributed by atoms with Crippen molar-refractivity contribution >= 4 is 29.1 Å². The number of nitrogens with zero attached hydrogens (tertiary/aromatic N) is 3. The fourth-order valence-electron chi connectivity index (χ4n) is 3.28. The summed E-state index contributed by atoms with van der Waals surface area (Å²) in [5.41, 5.74) is 2.54. The fraction of sp³-hybridized carbons (Fsp3) is 0.227. The summed E-state index contributed by atoms with van der Waals surface area (Å²) >= 11 is 1.48. The van der Waals surface area contributed by atoms with Crippen molar-refractivity contribution in [3.63, 3.8) is 0 Å². The second-order valence-electron chi connectivity index (χ2n) is 6.94. The average Bonchev–Trinajstić information content (AvgIpc) is 3.37. The van der Waals surface area contributed by atoms with Gasteiger partial charge in [-0.3, -0.25) is 24.3 Å². The van der Waals surface area contributed by atoms with Crippen LogP contribution in [0.15, 0.2) is 48.1 Å². The van der Waals surface area contributed by atoms with E-state index in [0.717, 1.165) is 16.3 Å². The quantitative estimate of drug-likeness (QED) is 0.430. The summed E-state index contributed by atoms with van der Waals surface area (Å²) in [5, 5.41) is 5.52. The number of aromatic nitrogens is 2. The molecule has 1 N–H and O–H groups in total. The number of carbonyl (C=O) groups excluding carboxylic acids is 3. The van der Waals surface area contributed by atoms with Crippen LogP contribution in [-0.2, 0) is 11.3 Å². The first-order chi connectivity index (χ1) is 15.1. The molecule has 3 heterocycles. The Bertz CT molecular complexity index is 1130. The summed E-state index contributed by atoms with van der Waals surface area (Å²) in [6, 6.07) is 8.33. The molecule has 0 aliphatic carbocycles. The number of carbonyl (C=O) groups is 3. The molecule has 0 atom stereocenters. The van der Waals surface area contributed by atoms with Crippen molar-refractivity contribution in [3.05, 3.63) is 70.5 Å². The third kappa shape index (κ3) is 4.37. The first-order valence-corrected chi connectivity index (χ1v) is 10.6. The molecule has 0 unspecified atom stereocenters. The van der Waals surface area contributed by atoms with Crippen LogP contribution < -0.4 is 5.32 Å². The highest BCUT2D eigenvalue weighted by molar-refractivity contribution is 7.13.